The van der Waals surface area contributed by atoms with Crippen LogP contribution in [0.4, 0.5) is 0 Å². The molecule has 0 bridgehead atoms. The highest BCUT2D eigenvalue weighted by molar-refractivity contribution is 9.11. The van der Waals surface area contributed by atoms with Gasteiger partial charge in [-0.3, -0.25) is 9.69 Å². The Hall–Kier alpha value is -1.17. The summed E-state index contributed by atoms with van der Waals surface area (Å²) in [5, 5.41) is 9.65. The first-order valence-electron chi connectivity index (χ1n) is 7.86. The fourth-order valence-corrected chi connectivity index (χ4v) is 4.84. The standard InChI is InChI=1S/C18H20BrNO2S/c1-12-5-7-13(8-6-12)17(15-9-10-16(19)23-15)20-11-3-2-4-14(20)18(21)22/h5-10,14,17H,2-4,11H2,1H3,(H,21,22). The van der Waals surface area contributed by atoms with Gasteiger partial charge in [-0.1, -0.05) is 36.2 Å². The molecular formula is C18H20BrNO2S. The van der Waals surface area contributed by atoms with Crippen LogP contribution >= 0.6 is 27.3 Å². The number of carboxylic acids is 1. The van der Waals surface area contributed by atoms with E-state index in [9.17, 15) is 9.90 Å². The van der Waals surface area contributed by atoms with Gasteiger partial charge in [-0.25, -0.2) is 0 Å². The molecule has 1 fully saturated rings. The van der Waals surface area contributed by atoms with Crippen molar-refractivity contribution in [3.05, 3.63) is 56.2 Å². The molecule has 2 atom stereocenters. The van der Waals surface area contributed by atoms with Crippen LogP contribution in [0.2, 0.25) is 0 Å². The van der Waals surface area contributed by atoms with E-state index in [-0.39, 0.29) is 6.04 Å². The predicted octanol–water partition coefficient (Wildman–Crippen LogP) is 4.85. The van der Waals surface area contributed by atoms with Crippen molar-refractivity contribution in [2.24, 2.45) is 0 Å². The Morgan fingerprint density at radius 1 is 1.26 bits per heavy atom. The number of piperidine rings is 1. The van der Waals surface area contributed by atoms with Crippen LogP contribution < -0.4 is 0 Å². The van der Waals surface area contributed by atoms with Crippen molar-refractivity contribution in [3.63, 3.8) is 0 Å². The van der Waals surface area contributed by atoms with Gasteiger partial charge >= 0.3 is 5.97 Å². The number of hydrogen-bond donors (Lipinski definition) is 1. The lowest BCUT2D eigenvalue weighted by Crippen LogP contribution is -2.46. The largest absolute Gasteiger partial charge is 0.480 e. The first kappa shape index (κ1) is 16.7. The summed E-state index contributed by atoms with van der Waals surface area (Å²) in [7, 11) is 0. The fraction of sp³-hybridized carbons (Fsp3) is 0.389. The van der Waals surface area contributed by atoms with Crippen LogP contribution in [-0.4, -0.2) is 28.6 Å². The topological polar surface area (TPSA) is 40.5 Å². The molecule has 0 radical (unpaired) electrons. The Balaban J connectivity index is 2.03. The van der Waals surface area contributed by atoms with E-state index in [2.05, 4.69) is 58.1 Å². The van der Waals surface area contributed by atoms with Crippen LogP contribution in [0.3, 0.4) is 0 Å². The molecular weight excluding hydrogens is 374 g/mol. The fourth-order valence-electron chi connectivity index (χ4n) is 3.27. The van der Waals surface area contributed by atoms with E-state index in [1.54, 1.807) is 11.3 Å². The molecule has 0 amide bonds. The maximum absolute atomic E-state index is 11.7. The van der Waals surface area contributed by atoms with Crippen molar-refractivity contribution in [2.75, 3.05) is 6.54 Å². The van der Waals surface area contributed by atoms with Crippen molar-refractivity contribution in [3.8, 4) is 0 Å². The quantitative estimate of drug-likeness (QED) is 0.806. The van der Waals surface area contributed by atoms with Gasteiger partial charge in [0.1, 0.15) is 6.04 Å². The average molecular weight is 394 g/mol. The molecule has 3 nitrogen and oxygen atoms in total. The Bertz CT molecular complexity index is 683. The number of rotatable bonds is 4. The van der Waals surface area contributed by atoms with Gasteiger partial charge in [-0.2, -0.15) is 0 Å². The third-order valence-corrected chi connectivity index (χ3v) is 6.09. The lowest BCUT2D eigenvalue weighted by atomic mass is 9.95. The Morgan fingerprint density at radius 3 is 2.61 bits per heavy atom. The molecule has 0 spiro atoms. The molecule has 0 aliphatic carbocycles. The second-order valence-electron chi connectivity index (χ2n) is 6.04. The van der Waals surface area contributed by atoms with Crippen LogP contribution in [0, 0.1) is 6.92 Å². The van der Waals surface area contributed by atoms with E-state index < -0.39 is 12.0 Å². The summed E-state index contributed by atoms with van der Waals surface area (Å²) in [5.41, 5.74) is 2.38. The minimum Gasteiger partial charge on any atom is -0.480 e. The lowest BCUT2D eigenvalue weighted by molar-refractivity contribution is -0.145. The molecule has 0 saturated carbocycles. The van der Waals surface area contributed by atoms with Crippen molar-refractivity contribution >= 4 is 33.2 Å². The zero-order valence-electron chi connectivity index (χ0n) is 13.0. The van der Waals surface area contributed by atoms with Gasteiger partial charge in [-0.05, 0) is 59.9 Å². The molecule has 5 heteroatoms. The number of thiophene rings is 1. The van der Waals surface area contributed by atoms with E-state index in [0.717, 1.165) is 35.2 Å². The SMILES string of the molecule is Cc1ccc(C(c2ccc(Br)s2)N2CCCCC2C(=O)O)cc1. The second kappa shape index (κ2) is 7.16. The lowest BCUT2D eigenvalue weighted by Gasteiger charge is -2.39. The molecule has 1 aliphatic rings. The molecule has 2 unspecified atom stereocenters. The number of halogens is 1. The van der Waals surface area contributed by atoms with E-state index in [4.69, 9.17) is 0 Å². The number of aryl methyl sites for hydroxylation is 1. The summed E-state index contributed by atoms with van der Waals surface area (Å²) < 4.78 is 1.08. The highest BCUT2D eigenvalue weighted by Crippen LogP contribution is 2.38. The molecule has 2 aromatic rings. The summed E-state index contributed by atoms with van der Waals surface area (Å²) in [6.45, 7) is 2.90. The van der Waals surface area contributed by atoms with Crippen molar-refractivity contribution in [1.82, 2.24) is 4.90 Å². The number of benzene rings is 1. The number of aliphatic carboxylic acids is 1. The summed E-state index contributed by atoms with van der Waals surface area (Å²) in [5.74, 6) is -0.711. The number of likely N-dealkylation sites (tertiary alicyclic amines) is 1. The Morgan fingerprint density at radius 2 is 2.00 bits per heavy atom. The summed E-state index contributed by atoms with van der Waals surface area (Å²) in [6.07, 6.45) is 2.77. The molecule has 1 aliphatic heterocycles. The predicted molar refractivity (Wildman–Crippen MR) is 97.0 cm³/mol. The van der Waals surface area contributed by atoms with Crippen LogP contribution in [0.1, 0.15) is 41.3 Å². The van der Waals surface area contributed by atoms with E-state index in [1.807, 2.05) is 6.07 Å². The number of carboxylic acid groups (broad SMARTS) is 1. The summed E-state index contributed by atoms with van der Waals surface area (Å²) >= 11 is 5.22. The zero-order chi connectivity index (χ0) is 16.4. The van der Waals surface area contributed by atoms with Crippen molar-refractivity contribution in [2.45, 2.75) is 38.3 Å². The summed E-state index contributed by atoms with van der Waals surface area (Å²) in [4.78, 5) is 15.1. The van der Waals surface area contributed by atoms with Gasteiger partial charge in [0.15, 0.2) is 0 Å². The number of hydrogen-bond acceptors (Lipinski definition) is 3. The van der Waals surface area contributed by atoms with Gasteiger partial charge in [0.05, 0.1) is 9.83 Å². The van der Waals surface area contributed by atoms with Crippen molar-refractivity contribution in [1.29, 1.82) is 0 Å². The maximum atomic E-state index is 11.7. The smallest absolute Gasteiger partial charge is 0.320 e. The number of nitrogens with zero attached hydrogens (tertiary/aromatic N) is 1. The molecule has 1 aromatic carbocycles. The summed E-state index contributed by atoms with van der Waals surface area (Å²) in [6, 6.07) is 12.2. The van der Waals surface area contributed by atoms with E-state index >= 15 is 0 Å². The Labute approximate surface area is 149 Å². The van der Waals surface area contributed by atoms with Gasteiger partial charge in [-0.15, -0.1) is 11.3 Å². The van der Waals surface area contributed by atoms with Gasteiger partial charge in [0.25, 0.3) is 0 Å². The monoisotopic (exact) mass is 393 g/mol. The van der Waals surface area contributed by atoms with Gasteiger partial charge in [0, 0.05) is 4.88 Å². The average Bonchev–Trinajstić information content (AvgIpc) is 2.96. The highest BCUT2D eigenvalue weighted by Gasteiger charge is 2.35. The molecule has 122 valence electrons. The van der Waals surface area contributed by atoms with E-state index in [0.29, 0.717) is 0 Å². The van der Waals surface area contributed by atoms with Gasteiger partial charge in [0.2, 0.25) is 0 Å². The van der Waals surface area contributed by atoms with Gasteiger partial charge < -0.3 is 5.11 Å². The zero-order valence-corrected chi connectivity index (χ0v) is 15.4. The van der Waals surface area contributed by atoms with Crippen LogP contribution in [0.15, 0.2) is 40.2 Å². The van der Waals surface area contributed by atoms with Crippen LogP contribution in [0.5, 0.6) is 0 Å². The van der Waals surface area contributed by atoms with E-state index in [1.165, 1.54) is 10.4 Å². The normalized spacial score (nSPS) is 20.3. The third kappa shape index (κ3) is 3.67. The second-order valence-corrected chi connectivity index (χ2v) is 8.54. The Kier molecular flexibility index (Phi) is 5.19. The highest BCUT2D eigenvalue weighted by atomic mass is 79.9. The van der Waals surface area contributed by atoms with Crippen LogP contribution in [0.25, 0.3) is 0 Å². The molecule has 23 heavy (non-hydrogen) atoms. The first-order valence-corrected chi connectivity index (χ1v) is 9.47. The third-order valence-electron chi connectivity index (χ3n) is 4.42. The van der Waals surface area contributed by atoms with Crippen molar-refractivity contribution < 1.29 is 9.90 Å². The molecule has 3 rings (SSSR count). The molecule has 1 aromatic heterocycles. The van der Waals surface area contributed by atoms with Crippen LogP contribution in [-0.2, 0) is 4.79 Å². The maximum Gasteiger partial charge on any atom is 0.320 e. The number of carbonyl (C=O) groups is 1. The molecule has 1 saturated heterocycles. The molecule has 2 heterocycles. The first-order chi connectivity index (χ1) is 11.1. The minimum absolute atomic E-state index is 0.00769. The minimum atomic E-state index is -0.711. The molecule has 1 N–H and O–H groups in total.